The first-order valence-corrected chi connectivity index (χ1v) is 7.72. The maximum atomic E-state index is 13.7. The molecule has 6 nitrogen and oxygen atoms in total. The highest BCUT2D eigenvalue weighted by atomic mass is 19.1. The number of halogens is 1. The number of azide groups is 1. The molecule has 0 aliphatic rings. The van der Waals surface area contributed by atoms with Gasteiger partial charge in [-0.15, -0.1) is 0 Å². The van der Waals surface area contributed by atoms with Crippen LogP contribution in [0, 0.1) is 5.82 Å². The fraction of sp³-hybridized carbons (Fsp3) is 0.167. The van der Waals surface area contributed by atoms with Crippen LogP contribution in [0.2, 0.25) is 0 Å². The quantitative estimate of drug-likeness (QED) is 0.292. The lowest BCUT2D eigenvalue weighted by Crippen LogP contribution is -2.05. The number of hydrogen-bond acceptors (Lipinski definition) is 3. The highest BCUT2D eigenvalue weighted by Crippen LogP contribution is 2.29. The normalized spacial score (nSPS) is 10.5. The molecule has 7 heteroatoms. The number of fused-ring (bicyclic) bond motifs is 1. The van der Waals surface area contributed by atoms with Crippen molar-refractivity contribution in [2.75, 3.05) is 6.61 Å². The van der Waals surface area contributed by atoms with E-state index in [9.17, 15) is 9.18 Å². The summed E-state index contributed by atoms with van der Waals surface area (Å²) in [5.74, 6) is -0.857. The number of aromatic nitrogens is 1. The summed E-state index contributed by atoms with van der Waals surface area (Å²) in [6, 6.07) is 11.4. The van der Waals surface area contributed by atoms with Gasteiger partial charge < -0.3 is 9.14 Å². The minimum atomic E-state index is -0.470. The fourth-order valence-electron chi connectivity index (χ4n) is 2.73. The van der Waals surface area contributed by atoms with Crippen molar-refractivity contribution in [1.29, 1.82) is 0 Å². The first-order chi connectivity index (χ1) is 12.1. The Balaban J connectivity index is 2.21. The van der Waals surface area contributed by atoms with E-state index in [1.165, 1.54) is 12.1 Å². The lowest BCUT2D eigenvalue weighted by Gasteiger charge is -2.08. The largest absolute Gasteiger partial charge is 0.462 e. The Kier molecular flexibility index (Phi) is 4.68. The van der Waals surface area contributed by atoms with Crippen molar-refractivity contribution in [3.8, 4) is 11.3 Å². The summed E-state index contributed by atoms with van der Waals surface area (Å²) in [6.45, 7) is 2.19. The molecule has 0 radical (unpaired) electrons. The molecule has 25 heavy (non-hydrogen) atoms. The average molecular weight is 338 g/mol. The summed E-state index contributed by atoms with van der Waals surface area (Å²) in [4.78, 5) is 15.1. The van der Waals surface area contributed by atoms with Crippen molar-refractivity contribution in [2.45, 2.75) is 13.5 Å². The van der Waals surface area contributed by atoms with Crippen LogP contribution in [0.3, 0.4) is 0 Å². The molecule has 0 fully saturated rings. The molecule has 0 saturated carbocycles. The van der Waals surface area contributed by atoms with Crippen LogP contribution in [-0.2, 0) is 11.3 Å². The van der Waals surface area contributed by atoms with Gasteiger partial charge in [-0.2, -0.15) is 0 Å². The highest BCUT2D eigenvalue weighted by Gasteiger charge is 2.19. The van der Waals surface area contributed by atoms with Crippen molar-refractivity contribution in [2.24, 2.45) is 5.11 Å². The molecule has 0 bridgehead atoms. The van der Waals surface area contributed by atoms with Gasteiger partial charge in [0.1, 0.15) is 5.82 Å². The molecule has 0 unspecified atom stereocenters. The van der Waals surface area contributed by atoms with E-state index in [1.54, 1.807) is 41.8 Å². The summed E-state index contributed by atoms with van der Waals surface area (Å²) in [5.41, 5.74) is 11.5. The summed E-state index contributed by atoms with van der Waals surface area (Å²) < 4.78 is 20.6. The van der Waals surface area contributed by atoms with Crippen molar-refractivity contribution in [3.63, 3.8) is 0 Å². The SMILES string of the molecule is CCOC(=O)c1cc2cc(CN=[N+]=[N-])ccn2c1-c1cccc(F)c1. The van der Waals surface area contributed by atoms with E-state index in [1.807, 2.05) is 6.07 Å². The van der Waals surface area contributed by atoms with Crippen LogP contribution in [0.25, 0.3) is 27.2 Å². The predicted molar refractivity (Wildman–Crippen MR) is 91.6 cm³/mol. The van der Waals surface area contributed by atoms with E-state index >= 15 is 0 Å². The van der Waals surface area contributed by atoms with Crippen molar-refractivity contribution < 1.29 is 13.9 Å². The zero-order valence-electron chi connectivity index (χ0n) is 13.5. The molecule has 1 aromatic carbocycles. The third-order valence-corrected chi connectivity index (χ3v) is 3.75. The van der Waals surface area contributed by atoms with Gasteiger partial charge in [0.05, 0.1) is 24.4 Å². The van der Waals surface area contributed by atoms with Gasteiger partial charge in [0.2, 0.25) is 0 Å². The average Bonchev–Trinajstić information content (AvgIpc) is 2.99. The van der Waals surface area contributed by atoms with Crippen LogP contribution in [-0.4, -0.2) is 17.0 Å². The summed E-state index contributed by atoms with van der Waals surface area (Å²) in [6.07, 6.45) is 1.76. The van der Waals surface area contributed by atoms with Crippen LogP contribution >= 0.6 is 0 Å². The Morgan fingerprint density at radius 3 is 2.88 bits per heavy atom. The number of carbonyl (C=O) groups is 1. The Hall–Kier alpha value is -3.31. The molecular formula is C18H15FN4O2. The Morgan fingerprint density at radius 2 is 2.16 bits per heavy atom. The van der Waals surface area contributed by atoms with Gasteiger partial charge in [-0.3, -0.25) is 0 Å². The van der Waals surface area contributed by atoms with Gasteiger partial charge in [0, 0.05) is 22.2 Å². The number of nitrogens with zero attached hydrogens (tertiary/aromatic N) is 4. The second kappa shape index (κ2) is 7.07. The van der Waals surface area contributed by atoms with Gasteiger partial charge in [-0.05, 0) is 48.4 Å². The number of esters is 1. The van der Waals surface area contributed by atoms with Crippen molar-refractivity contribution in [1.82, 2.24) is 4.40 Å². The van der Waals surface area contributed by atoms with E-state index in [-0.39, 0.29) is 19.0 Å². The maximum Gasteiger partial charge on any atom is 0.340 e. The number of ether oxygens (including phenoxy) is 1. The Labute approximate surface area is 143 Å². The molecule has 0 amide bonds. The lowest BCUT2D eigenvalue weighted by molar-refractivity contribution is 0.0527. The summed E-state index contributed by atoms with van der Waals surface area (Å²) in [7, 11) is 0. The predicted octanol–water partition coefficient (Wildman–Crippen LogP) is 4.73. The maximum absolute atomic E-state index is 13.7. The van der Waals surface area contributed by atoms with Gasteiger partial charge in [0.15, 0.2) is 0 Å². The molecule has 0 aliphatic heterocycles. The molecule has 3 rings (SSSR count). The Morgan fingerprint density at radius 1 is 1.32 bits per heavy atom. The second-order valence-corrected chi connectivity index (χ2v) is 5.36. The first kappa shape index (κ1) is 16.5. The summed E-state index contributed by atoms with van der Waals surface area (Å²) >= 11 is 0. The zero-order valence-corrected chi connectivity index (χ0v) is 13.5. The molecule has 0 atom stereocenters. The van der Waals surface area contributed by atoms with E-state index in [4.69, 9.17) is 10.3 Å². The highest BCUT2D eigenvalue weighted by molar-refractivity contribution is 5.99. The number of pyridine rings is 1. The fourth-order valence-corrected chi connectivity index (χ4v) is 2.73. The molecule has 126 valence electrons. The topological polar surface area (TPSA) is 79.5 Å². The minimum Gasteiger partial charge on any atom is -0.462 e. The van der Waals surface area contributed by atoms with Gasteiger partial charge in [-0.1, -0.05) is 17.2 Å². The van der Waals surface area contributed by atoms with Crippen molar-refractivity contribution in [3.05, 3.63) is 76.0 Å². The number of rotatable bonds is 5. The molecule has 0 saturated heterocycles. The Bertz CT molecular complexity index is 990. The molecule has 2 heterocycles. The summed E-state index contributed by atoms with van der Waals surface area (Å²) in [5, 5.41) is 3.54. The lowest BCUT2D eigenvalue weighted by atomic mass is 10.1. The first-order valence-electron chi connectivity index (χ1n) is 7.72. The minimum absolute atomic E-state index is 0.211. The van der Waals surface area contributed by atoms with Gasteiger partial charge in [-0.25, -0.2) is 9.18 Å². The van der Waals surface area contributed by atoms with Crippen LogP contribution in [0.15, 0.2) is 53.8 Å². The second-order valence-electron chi connectivity index (χ2n) is 5.36. The molecule has 0 N–H and O–H groups in total. The molecular weight excluding hydrogens is 323 g/mol. The van der Waals surface area contributed by atoms with E-state index in [0.29, 0.717) is 16.8 Å². The third-order valence-electron chi connectivity index (χ3n) is 3.75. The van der Waals surface area contributed by atoms with Crippen LogP contribution < -0.4 is 0 Å². The van der Waals surface area contributed by atoms with E-state index < -0.39 is 5.97 Å². The zero-order chi connectivity index (χ0) is 17.8. The third kappa shape index (κ3) is 3.32. The van der Waals surface area contributed by atoms with Gasteiger partial charge in [0.25, 0.3) is 0 Å². The van der Waals surface area contributed by atoms with E-state index in [0.717, 1.165) is 11.1 Å². The van der Waals surface area contributed by atoms with Crippen LogP contribution in [0.4, 0.5) is 4.39 Å². The molecule has 0 spiro atoms. The number of carbonyl (C=O) groups excluding carboxylic acids is 1. The standard InChI is InChI=1S/C18H15FN4O2/c1-2-25-18(24)16-10-15-8-12(11-21-22-20)6-7-23(15)17(16)13-4-3-5-14(19)9-13/h3-10H,2,11H2,1H3. The monoisotopic (exact) mass is 338 g/mol. The van der Waals surface area contributed by atoms with Crippen molar-refractivity contribution >= 4 is 11.5 Å². The molecule has 2 aromatic heterocycles. The van der Waals surface area contributed by atoms with Crippen LogP contribution in [0.1, 0.15) is 22.8 Å². The molecule has 3 aromatic rings. The smallest absolute Gasteiger partial charge is 0.340 e. The molecule has 0 aliphatic carbocycles. The number of benzene rings is 1. The van der Waals surface area contributed by atoms with Crippen LogP contribution in [0.5, 0.6) is 0 Å². The van der Waals surface area contributed by atoms with E-state index in [2.05, 4.69) is 10.0 Å². The number of hydrogen-bond donors (Lipinski definition) is 0. The van der Waals surface area contributed by atoms with Gasteiger partial charge >= 0.3 is 5.97 Å².